The molecular weight excluding hydrogens is 214 g/mol. The summed E-state index contributed by atoms with van der Waals surface area (Å²) in [6, 6.07) is 2.04. The number of hydrogen-bond donors (Lipinski definition) is 2. The van der Waals surface area contributed by atoms with E-state index >= 15 is 0 Å². The highest BCUT2D eigenvalue weighted by atomic mass is 16.3. The van der Waals surface area contributed by atoms with Crippen LogP contribution in [-0.4, -0.2) is 28.0 Å². The van der Waals surface area contributed by atoms with Gasteiger partial charge in [-0.05, 0) is 31.2 Å². The molecule has 1 unspecified atom stereocenters. The van der Waals surface area contributed by atoms with Crippen LogP contribution in [0.2, 0.25) is 0 Å². The van der Waals surface area contributed by atoms with E-state index in [2.05, 4.69) is 5.10 Å². The maximum absolute atomic E-state index is 9.65. The number of nitrogens with zero attached hydrogens (tertiary/aromatic N) is 2. The van der Waals surface area contributed by atoms with Gasteiger partial charge in [0.2, 0.25) is 0 Å². The second-order valence-electron chi connectivity index (χ2n) is 5.46. The van der Waals surface area contributed by atoms with Crippen LogP contribution in [0.15, 0.2) is 12.3 Å². The molecule has 1 aromatic rings. The molecule has 4 nitrogen and oxygen atoms in total. The first-order valence-corrected chi connectivity index (χ1v) is 6.47. The van der Waals surface area contributed by atoms with Crippen LogP contribution in [-0.2, 0) is 13.5 Å². The van der Waals surface area contributed by atoms with Crippen molar-refractivity contribution in [2.45, 2.75) is 32.1 Å². The zero-order valence-corrected chi connectivity index (χ0v) is 10.6. The molecule has 1 heterocycles. The van der Waals surface area contributed by atoms with Gasteiger partial charge in [0.05, 0.1) is 0 Å². The Balaban J connectivity index is 1.94. The first kappa shape index (κ1) is 12.6. The molecule has 0 bridgehead atoms. The number of aromatic nitrogens is 2. The number of aryl methyl sites for hydroxylation is 2. The lowest BCUT2D eigenvalue weighted by atomic mass is 9.79. The fourth-order valence-electron chi connectivity index (χ4n) is 2.47. The van der Waals surface area contributed by atoms with Crippen LogP contribution in [0.1, 0.15) is 31.4 Å². The van der Waals surface area contributed by atoms with Gasteiger partial charge in [-0.3, -0.25) is 4.68 Å². The minimum Gasteiger partial charge on any atom is -0.396 e. The Hall–Kier alpha value is -0.870. The Morgan fingerprint density at radius 2 is 2.35 bits per heavy atom. The number of nitrogens with two attached hydrogens (primary N) is 1. The van der Waals surface area contributed by atoms with Crippen LogP contribution in [0.3, 0.4) is 0 Å². The average molecular weight is 237 g/mol. The lowest BCUT2D eigenvalue weighted by molar-refractivity contribution is 0.106. The van der Waals surface area contributed by atoms with Gasteiger partial charge in [0.1, 0.15) is 0 Å². The topological polar surface area (TPSA) is 64.1 Å². The molecular formula is C13H23N3O. The SMILES string of the molecule is Cn1nccc1CCC(CN)(CO)CC1CC1. The molecule has 0 radical (unpaired) electrons. The van der Waals surface area contributed by atoms with E-state index in [0.717, 1.165) is 25.2 Å². The molecule has 1 aromatic heterocycles. The summed E-state index contributed by atoms with van der Waals surface area (Å²) >= 11 is 0. The van der Waals surface area contributed by atoms with Gasteiger partial charge in [-0.1, -0.05) is 12.8 Å². The van der Waals surface area contributed by atoms with Crippen LogP contribution >= 0.6 is 0 Å². The van der Waals surface area contributed by atoms with E-state index in [4.69, 9.17) is 5.73 Å². The van der Waals surface area contributed by atoms with Gasteiger partial charge in [0.15, 0.2) is 0 Å². The maximum Gasteiger partial charge on any atom is 0.0499 e. The number of aliphatic hydroxyl groups is 1. The van der Waals surface area contributed by atoms with Gasteiger partial charge in [-0.15, -0.1) is 0 Å². The third-order valence-corrected chi connectivity index (χ3v) is 4.02. The molecule has 2 rings (SSSR count). The van der Waals surface area contributed by atoms with Gasteiger partial charge in [0.25, 0.3) is 0 Å². The van der Waals surface area contributed by atoms with Crippen molar-refractivity contribution in [2.75, 3.05) is 13.2 Å². The summed E-state index contributed by atoms with van der Waals surface area (Å²) in [5.41, 5.74) is 7.03. The standard InChI is InChI=1S/C13H23N3O/c1-16-12(5-7-15-16)4-6-13(9-14,10-17)8-11-2-3-11/h5,7,11,17H,2-4,6,8-10,14H2,1H3. The van der Waals surface area contributed by atoms with Gasteiger partial charge in [-0.2, -0.15) is 5.10 Å². The van der Waals surface area contributed by atoms with Crippen molar-refractivity contribution in [3.8, 4) is 0 Å². The van der Waals surface area contributed by atoms with E-state index in [-0.39, 0.29) is 12.0 Å². The summed E-state index contributed by atoms with van der Waals surface area (Å²) < 4.78 is 1.90. The highest BCUT2D eigenvalue weighted by Crippen LogP contribution is 2.41. The molecule has 0 aromatic carbocycles. The minimum absolute atomic E-state index is 0.0779. The molecule has 17 heavy (non-hydrogen) atoms. The number of hydrogen-bond acceptors (Lipinski definition) is 3. The molecule has 1 atom stereocenters. The van der Waals surface area contributed by atoms with E-state index in [9.17, 15) is 5.11 Å². The molecule has 4 heteroatoms. The molecule has 1 aliphatic carbocycles. The van der Waals surface area contributed by atoms with Crippen molar-refractivity contribution in [1.29, 1.82) is 0 Å². The van der Waals surface area contributed by atoms with Gasteiger partial charge < -0.3 is 10.8 Å². The smallest absolute Gasteiger partial charge is 0.0499 e. The summed E-state index contributed by atoms with van der Waals surface area (Å²) in [4.78, 5) is 0. The number of rotatable bonds is 7. The maximum atomic E-state index is 9.65. The van der Waals surface area contributed by atoms with E-state index < -0.39 is 0 Å². The predicted molar refractivity (Wildman–Crippen MR) is 67.4 cm³/mol. The summed E-state index contributed by atoms with van der Waals surface area (Å²) in [6.07, 6.45) is 7.43. The van der Waals surface area contributed by atoms with Crippen LogP contribution < -0.4 is 5.73 Å². The van der Waals surface area contributed by atoms with E-state index in [1.165, 1.54) is 18.5 Å². The Labute approximate surface area is 103 Å². The third kappa shape index (κ3) is 3.07. The van der Waals surface area contributed by atoms with Crippen molar-refractivity contribution < 1.29 is 5.11 Å². The van der Waals surface area contributed by atoms with Crippen molar-refractivity contribution in [1.82, 2.24) is 9.78 Å². The zero-order chi connectivity index (χ0) is 12.3. The first-order valence-electron chi connectivity index (χ1n) is 6.47. The zero-order valence-electron chi connectivity index (χ0n) is 10.6. The number of aliphatic hydroxyl groups excluding tert-OH is 1. The molecule has 3 N–H and O–H groups in total. The summed E-state index contributed by atoms with van der Waals surface area (Å²) in [7, 11) is 1.96. The summed E-state index contributed by atoms with van der Waals surface area (Å²) in [6.45, 7) is 0.787. The Morgan fingerprint density at radius 3 is 2.82 bits per heavy atom. The predicted octanol–water partition coefficient (Wildman–Crippen LogP) is 1.09. The second kappa shape index (κ2) is 5.19. The molecule has 0 amide bonds. The fraction of sp³-hybridized carbons (Fsp3) is 0.769. The molecule has 0 spiro atoms. The van der Waals surface area contributed by atoms with Crippen molar-refractivity contribution >= 4 is 0 Å². The monoisotopic (exact) mass is 237 g/mol. The van der Waals surface area contributed by atoms with E-state index in [1.807, 2.05) is 24.0 Å². The Bertz CT molecular complexity index is 353. The molecule has 1 aliphatic rings. The summed E-state index contributed by atoms with van der Waals surface area (Å²) in [5, 5.41) is 13.8. The van der Waals surface area contributed by atoms with Crippen LogP contribution in [0.4, 0.5) is 0 Å². The Kier molecular flexibility index (Phi) is 3.84. The van der Waals surface area contributed by atoms with Gasteiger partial charge in [0, 0.05) is 37.5 Å². The third-order valence-electron chi connectivity index (χ3n) is 4.02. The van der Waals surface area contributed by atoms with Crippen molar-refractivity contribution in [3.63, 3.8) is 0 Å². The molecule has 96 valence electrons. The highest BCUT2D eigenvalue weighted by Gasteiger charge is 2.35. The van der Waals surface area contributed by atoms with Crippen molar-refractivity contribution in [3.05, 3.63) is 18.0 Å². The van der Waals surface area contributed by atoms with E-state index in [1.54, 1.807) is 0 Å². The average Bonchev–Trinajstić information content (AvgIpc) is 3.06. The Morgan fingerprint density at radius 1 is 1.59 bits per heavy atom. The normalized spacial score (nSPS) is 19.2. The highest BCUT2D eigenvalue weighted by molar-refractivity contribution is 5.01. The lowest BCUT2D eigenvalue weighted by Crippen LogP contribution is -2.35. The summed E-state index contributed by atoms with van der Waals surface area (Å²) in [5.74, 6) is 0.803. The first-order chi connectivity index (χ1) is 8.19. The molecule has 1 saturated carbocycles. The van der Waals surface area contributed by atoms with Crippen LogP contribution in [0.5, 0.6) is 0 Å². The van der Waals surface area contributed by atoms with Crippen LogP contribution in [0, 0.1) is 11.3 Å². The van der Waals surface area contributed by atoms with E-state index in [0.29, 0.717) is 6.54 Å². The van der Waals surface area contributed by atoms with Crippen LogP contribution in [0.25, 0.3) is 0 Å². The van der Waals surface area contributed by atoms with Gasteiger partial charge >= 0.3 is 0 Å². The minimum atomic E-state index is -0.0779. The largest absolute Gasteiger partial charge is 0.396 e. The molecule has 0 aliphatic heterocycles. The lowest BCUT2D eigenvalue weighted by Gasteiger charge is -2.30. The van der Waals surface area contributed by atoms with Crippen molar-refractivity contribution in [2.24, 2.45) is 24.1 Å². The van der Waals surface area contributed by atoms with Gasteiger partial charge in [-0.25, -0.2) is 0 Å². The molecule has 0 saturated heterocycles. The molecule has 1 fully saturated rings. The second-order valence-corrected chi connectivity index (χ2v) is 5.46. The fourth-order valence-corrected chi connectivity index (χ4v) is 2.47. The quantitative estimate of drug-likeness (QED) is 0.746.